The van der Waals surface area contributed by atoms with Gasteiger partial charge in [0.25, 0.3) is 0 Å². The van der Waals surface area contributed by atoms with Gasteiger partial charge in [-0.25, -0.2) is 0 Å². The molecule has 1 aromatic heterocycles. The van der Waals surface area contributed by atoms with Crippen LogP contribution in [0.3, 0.4) is 0 Å². The van der Waals surface area contributed by atoms with Crippen molar-refractivity contribution in [2.24, 2.45) is 0 Å². The predicted octanol–water partition coefficient (Wildman–Crippen LogP) is 3.45. The lowest BCUT2D eigenvalue weighted by Gasteiger charge is -2.31. The number of hydrogen-bond donors (Lipinski definition) is 1. The number of benzene rings is 1. The molecular weight excluding hydrogens is 292 g/mol. The first-order valence-electron chi connectivity index (χ1n) is 7.93. The smallest absolute Gasteiger partial charge is 0.124 e. The van der Waals surface area contributed by atoms with Gasteiger partial charge in [0, 0.05) is 30.1 Å². The molecule has 118 valence electrons. The molecule has 0 radical (unpaired) electrons. The summed E-state index contributed by atoms with van der Waals surface area (Å²) in [4.78, 5) is 4.03. The molecule has 1 aliphatic rings. The van der Waals surface area contributed by atoms with Gasteiger partial charge >= 0.3 is 0 Å². The summed E-state index contributed by atoms with van der Waals surface area (Å²) in [5.41, 5.74) is 2.65. The Hall–Kier alpha value is -1.36. The van der Waals surface area contributed by atoms with E-state index in [0.29, 0.717) is 0 Å². The number of thiophene rings is 1. The number of hydrogen-bond acceptors (Lipinski definition) is 4. The standard InChI is InChI=1S/C18H24N2OS/c1-14-8-13-22-18(14)17(20-11-5-9-19-10-12-20)15-6-3-4-7-16(15)21-2/h3-4,6-8,13,17,19H,5,9-12H2,1-2H3. The highest BCUT2D eigenvalue weighted by atomic mass is 32.1. The lowest BCUT2D eigenvalue weighted by Crippen LogP contribution is -2.33. The minimum Gasteiger partial charge on any atom is -0.496 e. The fourth-order valence-corrected chi connectivity index (χ4v) is 4.26. The lowest BCUT2D eigenvalue weighted by atomic mass is 10.00. The van der Waals surface area contributed by atoms with Crippen LogP contribution in [0, 0.1) is 6.92 Å². The Morgan fingerprint density at radius 2 is 2.05 bits per heavy atom. The molecule has 0 saturated carbocycles. The van der Waals surface area contributed by atoms with Crippen LogP contribution >= 0.6 is 11.3 Å². The fourth-order valence-electron chi connectivity index (χ4n) is 3.19. The quantitative estimate of drug-likeness (QED) is 0.935. The summed E-state index contributed by atoms with van der Waals surface area (Å²) in [6, 6.07) is 11.0. The highest BCUT2D eigenvalue weighted by molar-refractivity contribution is 7.10. The zero-order chi connectivity index (χ0) is 15.4. The van der Waals surface area contributed by atoms with Gasteiger partial charge in [0.1, 0.15) is 5.75 Å². The van der Waals surface area contributed by atoms with Gasteiger partial charge in [0.05, 0.1) is 13.2 Å². The molecule has 1 fully saturated rings. The van der Waals surface area contributed by atoms with Gasteiger partial charge in [-0.1, -0.05) is 18.2 Å². The van der Waals surface area contributed by atoms with Gasteiger partial charge in [-0.05, 0) is 43.0 Å². The van der Waals surface area contributed by atoms with Crippen LogP contribution in [0.2, 0.25) is 0 Å². The van der Waals surface area contributed by atoms with Crippen LogP contribution in [0.4, 0.5) is 0 Å². The molecule has 0 bridgehead atoms. The summed E-state index contributed by atoms with van der Waals surface area (Å²) in [5, 5.41) is 5.70. The molecule has 0 amide bonds. The van der Waals surface area contributed by atoms with E-state index in [2.05, 4.69) is 46.8 Å². The number of ether oxygens (including phenoxy) is 1. The summed E-state index contributed by atoms with van der Waals surface area (Å²) in [6.07, 6.45) is 1.19. The summed E-state index contributed by atoms with van der Waals surface area (Å²) >= 11 is 1.85. The normalized spacial score (nSPS) is 17.9. The van der Waals surface area contributed by atoms with E-state index in [9.17, 15) is 0 Å². The average Bonchev–Trinajstić information content (AvgIpc) is 2.80. The number of rotatable bonds is 4. The third-order valence-corrected chi connectivity index (χ3v) is 5.39. The maximum absolute atomic E-state index is 5.65. The van der Waals surface area contributed by atoms with E-state index in [1.807, 2.05) is 17.4 Å². The van der Waals surface area contributed by atoms with E-state index in [1.54, 1.807) is 7.11 Å². The first-order valence-corrected chi connectivity index (χ1v) is 8.81. The number of nitrogens with zero attached hydrogens (tertiary/aromatic N) is 1. The number of nitrogens with one attached hydrogen (secondary N) is 1. The van der Waals surface area contributed by atoms with Crippen LogP contribution in [0.25, 0.3) is 0 Å². The summed E-state index contributed by atoms with van der Waals surface area (Å²) in [6.45, 7) is 6.56. The first-order chi connectivity index (χ1) is 10.8. The van der Waals surface area contributed by atoms with Crippen LogP contribution in [0.15, 0.2) is 35.7 Å². The fraction of sp³-hybridized carbons (Fsp3) is 0.444. The minimum atomic E-state index is 0.288. The topological polar surface area (TPSA) is 24.5 Å². The predicted molar refractivity (Wildman–Crippen MR) is 93.0 cm³/mol. The van der Waals surface area contributed by atoms with Crippen molar-refractivity contribution in [3.63, 3.8) is 0 Å². The highest BCUT2D eigenvalue weighted by Crippen LogP contribution is 2.38. The minimum absolute atomic E-state index is 0.288. The number of aryl methyl sites for hydroxylation is 1. The van der Waals surface area contributed by atoms with Crippen molar-refractivity contribution in [1.82, 2.24) is 10.2 Å². The Balaban J connectivity index is 2.04. The van der Waals surface area contributed by atoms with Crippen molar-refractivity contribution in [3.05, 3.63) is 51.7 Å². The molecular formula is C18H24N2OS. The van der Waals surface area contributed by atoms with Crippen molar-refractivity contribution >= 4 is 11.3 Å². The first kappa shape index (κ1) is 15.5. The molecule has 2 aromatic rings. The highest BCUT2D eigenvalue weighted by Gasteiger charge is 2.27. The number of methoxy groups -OCH3 is 1. The molecule has 1 unspecified atom stereocenters. The van der Waals surface area contributed by atoms with Crippen molar-refractivity contribution in [2.45, 2.75) is 19.4 Å². The van der Waals surface area contributed by atoms with E-state index < -0.39 is 0 Å². The van der Waals surface area contributed by atoms with E-state index in [0.717, 1.165) is 31.9 Å². The second-order valence-corrected chi connectivity index (χ2v) is 6.70. The van der Waals surface area contributed by atoms with Crippen LogP contribution < -0.4 is 10.1 Å². The third kappa shape index (κ3) is 3.19. The number of para-hydroxylation sites is 1. The Morgan fingerprint density at radius 1 is 1.18 bits per heavy atom. The summed E-state index contributed by atoms with van der Waals surface area (Å²) < 4.78 is 5.65. The zero-order valence-electron chi connectivity index (χ0n) is 13.3. The van der Waals surface area contributed by atoms with E-state index in [4.69, 9.17) is 4.74 Å². The van der Waals surface area contributed by atoms with Gasteiger partial charge in [-0.3, -0.25) is 4.90 Å². The molecule has 1 N–H and O–H groups in total. The second-order valence-electron chi connectivity index (χ2n) is 5.75. The average molecular weight is 316 g/mol. The van der Waals surface area contributed by atoms with Crippen molar-refractivity contribution < 1.29 is 4.74 Å². The zero-order valence-corrected chi connectivity index (χ0v) is 14.2. The summed E-state index contributed by atoms with van der Waals surface area (Å²) in [7, 11) is 1.77. The van der Waals surface area contributed by atoms with Crippen molar-refractivity contribution in [1.29, 1.82) is 0 Å². The van der Waals surface area contributed by atoms with Crippen LogP contribution in [0.5, 0.6) is 5.75 Å². The Morgan fingerprint density at radius 3 is 2.82 bits per heavy atom. The molecule has 1 saturated heterocycles. The molecule has 1 atom stereocenters. The van der Waals surface area contributed by atoms with Gasteiger partial charge in [-0.2, -0.15) is 0 Å². The SMILES string of the molecule is COc1ccccc1C(c1sccc1C)N1CCCNCC1. The van der Waals surface area contributed by atoms with Gasteiger partial charge in [0.2, 0.25) is 0 Å². The van der Waals surface area contributed by atoms with Crippen LogP contribution in [-0.2, 0) is 0 Å². The van der Waals surface area contributed by atoms with E-state index >= 15 is 0 Å². The molecule has 1 aromatic carbocycles. The molecule has 2 heterocycles. The third-order valence-electron chi connectivity index (χ3n) is 4.32. The Bertz CT molecular complexity index is 603. The lowest BCUT2D eigenvalue weighted by molar-refractivity contribution is 0.238. The largest absolute Gasteiger partial charge is 0.496 e. The van der Waals surface area contributed by atoms with Crippen molar-refractivity contribution in [3.8, 4) is 5.75 Å². The van der Waals surface area contributed by atoms with Gasteiger partial charge in [0.15, 0.2) is 0 Å². The molecule has 0 spiro atoms. The summed E-state index contributed by atoms with van der Waals surface area (Å²) in [5.74, 6) is 0.984. The molecule has 3 rings (SSSR count). The van der Waals surface area contributed by atoms with Crippen LogP contribution in [0.1, 0.15) is 28.5 Å². The van der Waals surface area contributed by atoms with Gasteiger partial charge in [-0.15, -0.1) is 11.3 Å². The van der Waals surface area contributed by atoms with Crippen LogP contribution in [-0.4, -0.2) is 38.2 Å². The molecule has 3 nitrogen and oxygen atoms in total. The Labute approximate surface area is 136 Å². The maximum Gasteiger partial charge on any atom is 0.124 e. The Kier molecular flexibility index (Phi) is 5.13. The molecule has 1 aliphatic heterocycles. The van der Waals surface area contributed by atoms with Crippen molar-refractivity contribution in [2.75, 3.05) is 33.3 Å². The molecule has 0 aliphatic carbocycles. The van der Waals surface area contributed by atoms with E-state index in [1.165, 1.54) is 22.4 Å². The monoisotopic (exact) mass is 316 g/mol. The maximum atomic E-state index is 5.65. The molecule has 22 heavy (non-hydrogen) atoms. The van der Waals surface area contributed by atoms with Gasteiger partial charge < -0.3 is 10.1 Å². The molecule has 4 heteroatoms. The second kappa shape index (κ2) is 7.27. The van der Waals surface area contributed by atoms with E-state index in [-0.39, 0.29) is 6.04 Å².